The quantitative estimate of drug-likeness (QED) is 0.634. The van der Waals surface area contributed by atoms with Gasteiger partial charge in [0.05, 0.1) is 5.92 Å². The van der Waals surface area contributed by atoms with Gasteiger partial charge in [-0.05, 0) is 42.5 Å². The van der Waals surface area contributed by atoms with Crippen molar-refractivity contribution in [3.8, 4) is 5.75 Å². The Morgan fingerprint density at radius 1 is 1.23 bits per heavy atom. The highest BCUT2D eigenvalue weighted by Gasteiger charge is 2.34. The molecule has 0 radical (unpaired) electrons. The summed E-state index contributed by atoms with van der Waals surface area (Å²) in [5.41, 5.74) is 1.26. The third kappa shape index (κ3) is 5.61. The summed E-state index contributed by atoms with van der Waals surface area (Å²) in [6, 6.07) is 13.7. The van der Waals surface area contributed by atoms with Crippen molar-refractivity contribution in [1.29, 1.82) is 0 Å². The van der Waals surface area contributed by atoms with Crippen LogP contribution in [0.5, 0.6) is 5.75 Å². The van der Waals surface area contributed by atoms with Crippen LogP contribution in [-0.2, 0) is 14.4 Å². The molecule has 1 atom stereocenters. The minimum Gasteiger partial charge on any atom is -0.484 e. The zero-order valence-electron chi connectivity index (χ0n) is 16.3. The van der Waals surface area contributed by atoms with Crippen molar-refractivity contribution < 1.29 is 19.1 Å². The highest BCUT2D eigenvalue weighted by Crippen LogP contribution is 2.27. The molecule has 2 aromatic rings. The van der Waals surface area contributed by atoms with Crippen molar-refractivity contribution in [2.45, 2.75) is 6.42 Å². The number of benzene rings is 2. The van der Waals surface area contributed by atoms with E-state index < -0.39 is 0 Å². The topological polar surface area (TPSA) is 87.7 Å². The van der Waals surface area contributed by atoms with Gasteiger partial charge in [-0.3, -0.25) is 14.4 Å². The maximum absolute atomic E-state index is 12.3. The lowest BCUT2D eigenvalue weighted by Crippen LogP contribution is -2.32. The molecule has 1 aliphatic heterocycles. The van der Waals surface area contributed by atoms with Gasteiger partial charge in [-0.15, -0.1) is 6.58 Å². The molecular weight excluding hydrogens is 406 g/mol. The molecule has 0 aliphatic carbocycles. The molecule has 3 amide bonds. The number of anilines is 2. The first-order chi connectivity index (χ1) is 14.5. The number of ether oxygens (including phenoxy) is 1. The lowest BCUT2D eigenvalue weighted by Gasteiger charge is -2.17. The van der Waals surface area contributed by atoms with Crippen molar-refractivity contribution in [2.24, 2.45) is 5.92 Å². The van der Waals surface area contributed by atoms with Crippen molar-refractivity contribution >= 4 is 40.7 Å². The minimum absolute atomic E-state index is 0.108. The van der Waals surface area contributed by atoms with Gasteiger partial charge in [0.25, 0.3) is 5.91 Å². The van der Waals surface area contributed by atoms with E-state index in [-0.39, 0.29) is 36.7 Å². The highest BCUT2D eigenvalue weighted by atomic mass is 35.5. The fourth-order valence-corrected chi connectivity index (χ4v) is 3.27. The molecule has 0 unspecified atom stereocenters. The molecule has 0 bridgehead atoms. The largest absolute Gasteiger partial charge is 0.484 e. The van der Waals surface area contributed by atoms with E-state index in [1.807, 2.05) is 0 Å². The summed E-state index contributed by atoms with van der Waals surface area (Å²) in [5, 5.41) is 5.95. The number of amides is 3. The van der Waals surface area contributed by atoms with Gasteiger partial charge in [-0.2, -0.15) is 0 Å². The molecule has 1 saturated heterocycles. The van der Waals surface area contributed by atoms with Crippen LogP contribution in [0.2, 0.25) is 5.02 Å². The molecule has 30 heavy (non-hydrogen) atoms. The van der Waals surface area contributed by atoms with Crippen molar-refractivity contribution in [3.63, 3.8) is 0 Å². The Morgan fingerprint density at radius 3 is 2.70 bits per heavy atom. The average Bonchev–Trinajstić information content (AvgIpc) is 3.12. The standard InChI is InChI=1S/C22H22ClN3O4/c1-2-10-24-22(29)15-11-21(28)26(13-15)18-6-8-19(9-7-18)30-14-20(27)25-17-5-3-4-16(23)12-17/h2-9,12,15H,1,10-11,13-14H2,(H,24,29)(H,25,27)/t15-/m0/s1. The van der Waals surface area contributed by atoms with Crippen LogP contribution in [0.15, 0.2) is 61.2 Å². The average molecular weight is 428 g/mol. The molecule has 0 spiro atoms. The normalized spacial score (nSPS) is 15.6. The number of halogens is 1. The summed E-state index contributed by atoms with van der Waals surface area (Å²) in [4.78, 5) is 38.0. The first-order valence-electron chi connectivity index (χ1n) is 9.43. The van der Waals surface area contributed by atoms with Gasteiger partial charge in [-0.1, -0.05) is 23.7 Å². The number of carbonyl (C=O) groups excluding carboxylic acids is 3. The van der Waals surface area contributed by atoms with E-state index in [1.165, 1.54) is 0 Å². The fraction of sp³-hybridized carbons (Fsp3) is 0.227. The van der Waals surface area contributed by atoms with Crippen LogP contribution in [0.25, 0.3) is 0 Å². The van der Waals surface area contributed by atoms with Gasteiger partial charge >= 0.3 is 0 Å². The third-order valence-electron chi connectivity index (χ3n) is 4.54. The molecule has 8 heteroatoms. The number of hydrogen-bond donors (Lipinski definition) is 2. The second kappa shape index (κ2) is 9.93. The summed E-state index contributed by atoms with van der Waals surface area (Å²) >= 11 is 5.89. The van der Waals surface area contributed by atoms with Gasteiger partial charge in [0.15, 0.2) is 6.61 Å². The van der Waals surface area contributed by atoms with Crippen LogP contribution >= 0.6 is 11.6 Å². The Bertz CT molecular complexity index is 946. The summed E-state index contributed by atoms with van der Waals surface area (Å²) in [5.74, 6) is -0.473. The lowest BCUT2D eigenvalue weighted by molar-refractivity contribution is -0.126. The molecule has 1 fully saturated rings. The molecule has 0 saturated carbocycles. The van der Waals surface area contributed by atoms with Crippen molar-refractivity contribution in [3.05, 3.63) is 66.2 Å². The maximum atomic E-state index is 12.3. The minimum atomic E-state index is -0.386. The molecule has 0 aromatic heterocycles. The predicted octanol–water partition coefficient (Wildman–Crippen LogP) is 3.01. The number of hydrogen-bond acceptors (Lipinski definition) is 4. The molecular formula is C22H22ClN3O4. The Hall–Kier alpha value is -3.32. The Labute approximate surface area is 179 Å². The zero-order valence-corrected chi connectivity index (χ0v) is 17.0. The van der Waals surface area contributed by atoms with Crippen LogP contribution < -0.4 is 20.3 Å². The summed E-state index contributed by atoms with van der Waals surface area (Å²) < 4.78 is 5.50. The zero-order chi connectivity index (χ0) is 21.5. The van der Waals surface area contributed by atoms with Crippen molar-refractivity contribution in [2.75, 3.05) is 29.9 Å². The Balaban J connectivity index is 1.52. The smallest absolute Gasteiger partial charge is 0.262 e. The Kier molecular flexibility index (Phi) is 7.08. The van der Waals surface area contributed by atoms with E-state index in [1.54, 1.807) is 59.5 Å². The second-order valence-electron chi connectivity index (χ2n) is 6.78. The Morgan fingerprint density at radius 2 is 2.00 bits per heavy atom. The second-order valence-corrected chi connectivity index (χ2v) is 7.22. The van der Waals surface area contributed by atoms with Gasteiger partial charge in [0.1, 0.15) is 5.75 Å². The number of rotatable bonds is 8. The van der Waals surface area contributed by atoms with Gasteiger partial charge in [0, 0.05) is 35.9 Å². The van der Waals surface area contributed by atoms with Crippen molar-refractivity contribution in [1.82, 2.24) is 5.32 Å². The van der Waals surface area contributed by atoms with E-state index in [0.29, 0.717) is 35.2 Å². The molecule has 7 nitrogen and oxygen atoms in total. The molecule has 2 N–H and O–H groups in total. The fourth-order valence-electron chi connectivity index (χ4n) is 3.08. The van der Waals surface area contributed by atoms with E-state index in [4.69, 9.17) is 16.3 Å². The number of carbonyl (C=O) groups is 3. The monoisotopic (exact) mass is 427 g/mol. The molecule has 2 aromatic carbocycles. The molecule has 3 rings (SSSR count). The summed E-state index contributed by atoms with van der Waals surface area (Å²) in [7, 11) is 0. The molecule has 1 heterocycles. The van der Waals surface area contributed by atoms with Crippen LogP contribution in [0.4, 0.5) is 11.4 Å². The van der Waals surface area contributed by atoms with Gasteiger partial charge in [0.2, 0.25) is 11.8 Å². The van der Waals surface area contributed by atoms with E-state index in [9.17, 15) is 14.4 Å². The number of nitrogens with zero attached hydrogens (tertiary/aromatic N) is 1. The van der Waals surface area contributed by atoms with Gasteiger partial charge < -0.3 is 20.3 Å². The summed E-state index contributed by atoms with van der Waals surface area (Å²) in [6.07, 6.45) is 1.77. The van der Waals surface area contributed by atoms with Gasteiger partial charge in [-0.25, -0.2) is 0 Å². The first-order valence-corrected chi connectivity index (χ1v) is 9.81. The molecule has 1 aliphatic rings. The lowest BCUT2D eigenvalue weighted by atomic mass is 10.1. The first kappa shape index (κ1) is 21.4. The van der Waals surface area contributed by atoms with Crippen LogP contribution in [0.3, 0.4) is 0 Å². The van der Waals surface area contributed by atoms with Crippen LogP contribution in [0.1, 0.15) is 6.42 Å². The maximum Gasteiger partial charge on any atom is 0.262 e. The summed E-state index contributed by atoms with van der Waals surface area (Å²) in [6.45, 7) is 4.09. The molecule has 156 valence electrons. The van der Waals surface area contributed by atoms with E-state index >= 15 is 0 Å². The van der Waals surface area contributed by atoms with E-state index in [2.05, 4.69) is 17.2 Å². The highest BCUT2D eigenvalue weighted by molar-refractivity contribution is 6.30. The third-order valence-corrected chi connectivity index (χ3v) is 4.78. The number of nitrogens with one attached hydrogen (secondary N) is 2. The predicted molar refractivity (Wildman–Crippen MR) is 116 cm³/mol. The van der Waals surface area contributed by atoms with Crippen LogP contribution in [0, 0.1) is 5.92 Å². The van der Waals surface area contributed by atoms with E-state index in [0.717, 1.165) is 0 Å². The SMILES string of the molecule is C=CCNC(=O)[C@H]1CC(=O)N(c2ccc(OCC(=O)Nc3cccc(Cl)c3)cc2)C1. The van der Waals surface area contributed by atoms with Crippen LogP contribution in [-0.4, -0.2) is 37.4 Å².